The highest BCUT2D eigenvalue weighted by Crippen LogP contribution is 2.37. The van der Waals surface area contributed by atoms with Crippen molar-refractivity contribution in [3.8, 4) is 0 Å². The second-order valence-electron chi connectivity index (χ2n) is 4.22. The van der Waals surface area contributed by atoms with Gasteiger partial charge >= 0.3 is 0 Å². The second-order valence-corrected chi connectivity index (χ2v) is 4.22. The molecule has 0 saturated carbocycles. The minimum absolute atomic E-state index is 0.100. The molecule has 17 heavy (non-hydrogen) atoms. The molecule has 86 valence electrons. The first-order valence-electron chi connectivity index (χ1n) is 5.55. The van der Waals surface area contributed by atoms with Crippen molar-refractivity contribution in [2.24, 2.45) is 5.92 Å². The van der Waals surface area contributed by atoms with Gasteiger partial charge in [0.25, 0.3) is 0 Å². The number of hydrogen-bond acceptors (Lipinski definition) is 3. The largest absolute Gasteiger partial charge is 0.482 e. The Balaban J connectivity index is 2.06. The predicted molar refractivity (Wildman–Crippen MR) is 63.2 cm³/mol. The van der Waals surface area contributed by atoms with E-state index in [1.165, 1.54) is 0 Å². The Labute approximate surface area is 98.3 Å². The number of ether oxygens (including phenoxy) is 1. The Hall–Kier alpha value is -2.10. The van der Waals surface area contributed by atoms with Crippen molar-refractivity contribution < 1.29 is 9.53 Å². The number of carbonyl (C=O) groups excluding carboxylic acids is 1. The summed E-state index contributed by atoms with van der Waals surface area (Å²) in [6, 6.07) is 3.92. The van der Waals surface area contributed by atoms with Crippen LogP contribution in [0.5, 0.6) is 0 Å². The number of pyridine rings is 1. The molecule has 3 heterocycles. The van der Waals surface area contributed by atoms with Gasteiger partial charge in [0.05, 0.1) is 0 Å². The lowest BCUT2D eigenvalue weighted by molar-refractivity contribution is -0.108. The molecule has 0 aliphatic carbocycles. The van der Waals surface area contributed by atoms with Crippen molar-refractivity contribution in [2.75, 3.05) is 0 Å². The number of allylic oxidation sites excluding steroid dienone is 1. The number of H-pyrrole nitrogens is 1. The lowest BCUT2D eigenvalue weighted by Gasteiger charge is -2.16. The summed E-state index contributed by atoms with van der Waals surface area (Å²) >= 11 is 0. The minimum Gasteiger partial charge on any atom is -0.482 e. The van der Waals surface area contributed by atoms with Crippen LogP contribution in [0.3, 0.4) is 0 Å². The molecule has 2 aromatic heterocycles. The number of hydrogen-bond donors (Lipinski definition) is 1. The summed E-state index contributed by atoms with van der Waals surface area (Å²) in [6.07, 6.45) is 6.12. The van der Waals surface area contributed by atoms with Crippen LogP contribution in [0.4, 0.5) is 0 Å². The van der Waals surface area contributed by atoms with Crippen molar-refractivity contribution in [3.63, 3.8) is 0 Å². The normalized spacial score (nSPS) is 23.5. The van der Waals surface area contributed by atoms with Gasteiger partial charge in [-0.1, -0.05) is 6.92 Å². The molecule has 1 aliphatic heterocycles. The van der Waals surface area contributed by atoms with Gasteiger partial charge in [0.2, 0.25) is 0 Å². The van der Waals surface area contributed by atoms with E-state index in [1.807, 2.05) is 31.3 Å². The van der Waals surface area contributed by atoms with Crippen molar-refractivity contribution in [3.05, 3.63) is 41.9 Å². The molecule has 1 N–H and O–H groups in total. The third-order valence-electron chi connectivity index (χ3n) is 3.08. The van der Waals surface area contributed by atoms with E-state index in [2.05, 4.69) is 9.97 Å². The van der Waals surface area contributed by atoms with Gasteiger partial charge in [0.1, 0.15) is 11.8 Å². The quantitative estimate of drug-likeness (QED) is 0.803. The van der Waals surface area contributed by atoms with Crippen molar-refractivity contribution >= 4 is 17.3 Å². The highest BCUT2D eigenvalue weighted by Gasteiger charge is 2.28. The van der Waals surface area contributed by atoms with Gasteiger partial charge in [-0.15, -0.1) is 0 Å². The first kappa shape index (κ1) is 10.1. The van der Waals surface area contributed by atoms with Gasteiger partial charge in [0, 0.05) is 29.3 Å². The highest BCUT2D eigenvalue weighted by atomic mass is 16.5. The fourth-order valence-corrected chi connectivity index (χ4v) is 2.28. The van der Waals surface area contributed by atoms with E-state index in [0.717, 1.165) is 22.9 Å². The van der Waals surface area contributed by atoms with E-state index in [-0.39, 0.29) is 12.0 Å². The molecule has 0 amide bonds. The lowest BCUT2D eigenvalue weighted by Crippen LogP contribution is -2.05. The average Bonchev–Trinajstić information content (AvgIpc) is 2.94. The van der Waals surface area contributed by atoms with E-state index in [0.29, 0.717) is 5.76 Å². The van der Waals surface area contributed by atoms with Crippen LogP contribution in [0.1, 0.15) is 18.6 Å². The predicted octanol–water partition coefficient (Wildman–Crippen LogP) is 2.35. The van der Waals surface area contributed by atoms with Gasteiger partial charge < -0.3 is 9.72 Å². The van der Waals surface area contributed by atoms with E-state index in [4.69, 9.17) is 4.74 Å². The molecule has 0 aromatic carbocycles. The Bertz CT molecular complexity index is 600. The summed E-state index contributed by atoms with van der Waals surface area (Å²) in [5.74, 6) is 0.610. The number of rotatable bonds is 2. The van der Waals surface area contributed by atoms with Gasteiger partial charge in [-0.2, -0.15) is 0 Å². The SMILES string of the molecule is CC1C=C(C=O)OC1c1ccnc2[nH]ccc12. The molecule has 0 spiro atoms. The maximum absolute atomic E-state index is 10.7. The molecule has 2 unspecified atom stereocenters. The smallest absolute Gasteiger partial charge is 0.184 e. The van der Waals surface area contributed by atoms with Gasteiger partial charge in [0.15, 0.2) is 12.0 Å². The summed E-state index contributed by atoms with van der Waals surface area (Å²) in [7, 11) is 0. The average molecular weight is 228 g/mol. The van der Waals surface area contributed by atoms with Gasteiger partial charge in [-0.05, 0) is 18.2 Å². The number of aldehydes is 1. The number of carbonyl (C=O) groups is 1. The molecule has 1 aliphatic rings. The molecular formula is C13H12N2O2. The highest BCUT2D eigenvalue weighted by molar-refractivity contribution is 5.80. The molecule has 3 rings (SSSR count). The topological polar surface area (TPSA) is 55.0 Å². The fourth-order valence-electron chi connectivity index (χ4n) is 2.28. The van der Waals surface area contributed by atoms with Crippen LogP contribution in [-0.4, -0.2) is 16.3 Å². The molecule has 2 aromatic rings. The van der Waals surface area contributed by atoms with Gasteiger partial charge in [-0.25, -0.2) is 4.98 Å². The molecule has 2 atom stereocenters. The van der Waals surface area contributed by atoms with Crippen LogP contribution in [0.15, 0.2) is 36.4 Å². The van der Waals surface area contributed by atoms with Crippen LogP contribution in [-0.2, 0) is 9.53 Å². The number of nitrogens with one attached hydrogen (secondary N) is 1. The minimum atomic E-state index is -0.100. The Morgan fingerprint density at radius 1 is 1.47 bits per heavy atom. The van der Waals surface area contributed by atoms with Crippen LogP contribution in [0.25, 0.3) is 11.0 Å². The van der Waals surface area contributed by atoms with Crippen molar-refractivity contribution in [1.82, 2.24) is 9.97 Å². The summed E-state index contributed by atoms with van der Waals surface area (Å²) in [5, 5.41) is 1.05. The van der Waals surface area contributed by atoms with E-state index >= 15 is 0 Å². The maximum Gasteiger partial charge on any atom is 0.184 e. The lowest BCUT2D eigenvalue weighted by atomic mass is 9.97. The number of nitrogens with zero attached hydrogens (tertiary/aromatic N) is 1. The van der Waals surface area contributed by atoms with E-state index in [1.54, 1.807) is 6.20 Å². The molecule has 0 saturated heterocycles. The first-order chi connectivity index (χ1) is 8.29. The maximum atomic E-state index is 10.7. The molecular weight excluding hydrogens is 216 g/mol. The summed E-state index contributed by atoms with van der Waals surface area (Å²) < 4.78 is 5.64. The number of fused-ring (bicyclic) bond motifs is 1. The van der Waals surface area contributed by atoms with E-state index in [9.17, 15) is 4.79 Å². The van der Waals surface area contributed by atoms with Gasteiger partial charge in [-0.3, -0.25) is 4.79 Å². The van der Waals surface area contributed by atoms with E-state index < -0.39 is 0 Å². The zero-order valence-electron chi connectivity index (χ0n) is 9.38. The summed E-state index contributed by atoms with van der Waals surface area (Å²) in [5.41, 5.74) is 1.91. The summed E-state index contributed by atoms with van der Waals surface area (Å²) in [4.78, 5) is 18.0. The standard InChI is InChI=1S/C13H12N2O2/c1-8-6-9(7-16)17-12(8)10-2-4-14-13-11(10)3-5-15-13/h2-8,12H,1H3,(H,14,15). The molecule has 0 radical (unpaired) electrons. The monoisotopic (exact) mass is 228 g/mol. The fraction of sp³-hybridized carbons (Fsp3) is 0.231. The zero-order chi connectivity index (χ0) is 11.8. The first-order valence-corrected chi connectivity index (χ1v) is 5.55. The van der Waals surface area contributed by atoms with Crippen molar-refractivity contribution in [1.29, 1.82) is 0 Å². The summed E-state index contributed by atoms with van der Waals surface area (Å²) in [6.45, 7) is 2.04. The second kappa shape index (κ2) is 3.73. The molecule has 0 fully saturated rings. The zero-order valence-corrected chi connectivity index (χ0v) is 9.38. The Morgan fingerprint density at radius 2 is 2.35 bits per heavy atom. The third kappa shape index (κ3) is 1.53. The van der Waals surface area contributed by atoms with Crippen LogP contribution in [0, 0.1) is 5.92 Å². The van der Waals surface area contributed by atoms with Crippen LogP contribution < -0.4 is 0 Å². The Kier molecular flexibility index (Phi) is 2.21. The number of aromatic nitrogens is 2. The van der Waals surface area contributed by atoms with Crippen LogP contribution >= 0.6 is 0 Å². The van der Waals surface area contributed by atoms with Crippen LogP contribution in [0.2, 0.25) is 0 Å². The van der Waals surface area contributed by atoms with Crippen molar-refractivity contribution in [2.45, 2.75) is 13.0 Å². The number of aromatic amines is 1. The third-order valence-corrected chi connectivity index (χ3v) is 3.08. The molecule has 4 nitrogen and oxygen atoms in total. The Morgan fingerprint density at radius 3 is 3.12 bits per heavy atom. The molecule has 0 bridgehead atoms. The molecule has 4 heteroatoms.